The maximum absolute atomic E-state index is 13.0. The maximum atomic E-state index is 13.0. The van der Waals surface area contributed by atoms with Gasteiger partial charge in [-0.1, -0.05) is 35.9 Å². The Bertz CT molecular complexity index is 898. The van der Waals surface area contributed by atoms with Gasteiger partial charge in [0.15, 0.2) is 11.6 Å². The number of carbonyl (C=O) groups is 2. The first-order valence-corrected chi connectivity index (χ1v) is 10.4. The zero-order valence-corrected chi connectivity index (χ0v) is 16.6. The van der Waals surface area contributed by atoms with Crippen LogP contribution in [0.3, 0.4) is 0 Å². The normalized spacial score (nSPS) is 22.7. The Hall–Kier alpha value is -2.04. The molecular formula is C23H24O3S. The summed E-state index contributed by atoms with van der Waals surface area (Å²) in [6, 6.07) is 10.4. The number of aryl methyl sites for hydroxylation is 2. The monoisotopic (exact) mass is 380 g/mol. The molecule has 140 valence electrons. The number of benzene rings is 1. The van der Waals surface area contributed by atoms with Gasteiger partial charge in [-0.05, 0) is 55.4 Å². The molecule has 2 aromatic rings. The van der Waals surface area contributed by atoms with Crippen LogP contribution in [0.4, 0.5) is 0 Å². The molecule has 3 nitrogen and oxygen atoms in total. The number of carbonyl (C=O) groups excluding carboxylic acids is 2. The van der Waals surface area contributed by atoms with Gasteiger partial charge < -0.3 is 4.74 Å². The molecule has 1 atom stereocenters. The van der Waals surface area contributed by atoms with Crippen LogP contribution in [-0.2, 0) is 14.3 Å². The second-order valence-electron chi connectivity index (χ2n) is 7.57. The lowest BCUT2D eigenvalue weighted by atomic mass is 9.93. The van der Waals surface area contributed by atoms with E-state index in [2.05, 4.69) is 31.2 Å². The van der Waals surface area contributed by atoms with Gasteiger partial charge >= 0.3 is 0 Å². The molecule has 0 spiro atoms. The van der Waals surface area contributed by atoms with Crippen LogP contribution in [0.1, 0.15) is 41.2 Å². The smallest absolute Gasteiger partial charge is 0.173 e. The van der Waals surface area contributed by atoms with E-state index in [0.29, 0.717) is 11.5 Å². The predicted molar refractivity (Wildman–Crippen MR) is 108 cm³/mol. The number of Topliss-reactive ketones (excluding diaryl/α,β-unsaturated/α-hetero) is 2. The zero-order valence-electron chi connectivity index (χ0n) is 15.8. The molecule has 27 heavy (non-hydrogen) atoms. The van der Waals surface area contributed by atoms with Crippen LogP contribution in [0.15, 0.2) is 42.0 Å². The summed E-state index contributed by atoms with van der Waals surface area (Å²) in [6.45, 7) is 5.56. The Morgan fingerprint density at radius 1 is 1.07 bits per heavy atom. The van der Waals surface area contributed by atoms with Crippen molar-refractivity contribution in [3.05, 3.63) is 58.0 Å². The summed E-state index contributed by atoms with van der Waals surface area (Å²) in [4.78, 5) is 27.9. The molecular weight excluding hydrogens is 356 g/mol. The molecule has 0 bridgehead atoms. The van der Waals surface area contributed by atoms with E-state index in [9.17, 15) is 9.59 Å². The van der Waals surface area contributed by atoms with Crippen molar-refractivity contribution in [1.82, 2.24) is 0 Å². The third-order valence-electron chi connectivity index (χ3n) is 5.57. The predicted octanol–water partition coefficient (Wildman–Crippen LogP) is 5.01. The Balaban J connectivity index is 1.61. The number of ether oxygens (including phenoxy) is 1. The first kappa shape index (κ1) is 18.3. The third kappa shape index (κ3) is 3.69. The number of rotatable bonds is 3. The van der Waals surface area contributed by atoms with E-state index in [1.165, 1.54) is 5.56 Å². The topological polar surface area (TPSA) is 43.4 Å². The summed E-state index contributed by atoms with van der Waals surface area (Å²) in [6.07, 6.45) is 4.19. The highest BCUT2D eigenvalue weighted by molar-refractivity contribution is 7.15. The Morgan fingerprint density at radius 2 is 1.78 bits per heavy atom. The van der Waals surface area contributed by atoms with E-state index in [0.717, 1.165) is 46.9 Å². The highest BCUT2D eigenvalue weighted by atomic mass is 32.1. The van der Waals surface area contributed by atoms with Gasteiger partial charge in [-0.25, -0.2) is 0 Å². The van der Waals surface area contributed by atoms with E-state index in [1.54, 1.807) is 11.3 Å². The Morgan fingerprint density at radius 3 is 2.48 bits per heavy atom. The molecule has 0 N–H and O–H groups in total. The molecule has 4 rings (SSSR count). The van der Waals surface area contributed by atoms with Crippen LogP contribution in [0.25, 0.3) is 10.4 Å². The van der Waals surface area contributed by atoms with Gasteiger partial charge in [-0.3, -0.25) is 9.59 Å². The van der Waals surface area contributed by atoms with Crippen molar-refractivity contribution in [2.75, 3.05) is 13.2 Å². The number of hydrogen-bond donors (Lipinski definition) is 0. The van der Waals surface area contributed by atoms with Crippen LogP contribution in [0.5, 0.6) is 0 Å². The number of hydrogen-bond acceptors (Lipinski definition) is 4. The van der Waals surface area contributed by atoms with Crippen LogP contribution in [-0.4, -0.2) is 24.8 Å². The largest absolute Gasteiger partial charge is 0.381 e. The second kappa shape index (κ2) is 7.53. The zero-order chi connectivity index (χ0) is 19.0. The minimum absolute atomic E-state index is 0.00264. The lowest BCUT2D eigenvalue weighted by Crippen LogP contribution is -2.15. The van der Waals surface area contributed by atoms with Gasteiger partial charge in [0, 0.05) is 29.4 Å². The molecule has 2 fully saturated rings. The van der Waals surface area contributed by atoms with E-state index in [-0.39, 0.29) is 18.0 Å². The van der Waals surface area contributed by atoms with Crippen molar-refractivity contribution in [3.8, 4) is 10.4 Å². The fourth-order valence-electron chi connectivity index (χ4n) is 3.97. The van der Waals surface area contributed by atoms with Crippen molar-refractivity contribution in [3.63, 3.8) is 0 Å². The van der Waals surface area contributed by atoms with Gasteiger partial charge in [-0.2, -0.15) is 0 Å². The average Bonchev–Trinajstić information content (AvgIpc) is 3.16. The van der Waals surface area contributed by atoms with E-state index in [1.807, 2.05) is 19.1 Å². The van der Waals surface area contributed by atoms with E-state index >= 15 is 0 Å². The summed E-state index contributed by atoms with van der Waals surface area (Å²) in [5.41, 5.74) is 3.95. The van der Waals surface area contributed by atoms with Crippen molar-refractivity contribution in [2.24, 2.45) is 5.92 Å². The number of ketones is 2. The molecule has 0 amide bonds. The van der Waals surface area contributed by atoms with Gasteiger partial charge in [0.2, 0.25) is 0 Å². The van der Waals surface area contributed by atoms with Gasteiger partial charge in [0.25, 0.3) is 0 Å². The standard InChI is InChI=1S/C23H24O3S/c1-14-3-5-17(6-4-14)21-13-19(15(2)27-21)22-20(24)12-18(23(22)25)11-16-7-9-26-10-8-16/h3-6,11,13,16,22H,7-10,12H2,1-2H3/b18-11+. The summed E-state index contributed by atoms with van der Waals surface area (Å²) in [7, 11) is 0. The fraction of sp³-hybridized carbons (Fsp3) is 0.391. The molecule has 2 aliphatic rings. The maximum Gasteiger partial charge on any atom is 0.173 e. The highest BCUT2D eigenvalue weighted by Gasteiger charge is 2.40. The second-order valence-corrected chi connectivity index (χ2v) is 8.83. The summed E-state index contributed by atoms with van der Waals surface area (Å²) < 4.78 is 5.39. The van der Waals surface area contributed by atoms with Crippen molar-refractivity contribution in [1.29, 1.82) is 0 Å². The van der Waals surface area contributed by atoms with E-state index < -0.39 is 5.92 Å². The first-order valence-electron chi connectivity index (χ1n) is 9.55. The van der Waals surface area contributed by atoms with E-state index in [4.69, 9.17) is 4.74 Å². The molecule has 1 aromatic heterocycles. The van der Waals surface area contributed by atoms with Crippen molar-refractivity contribution in [2.45, 2.75) is 39.0 Å². The molecule has 2 heterocycles. The summed E-state index contributed by atoms with van der Waals surface area (Å²) in [5, 5.41) is 0. The number of thiophene rings is 1. The molecule has 1 aliphatic heterocycles. The van der Waals surface area contributed by atoms with Gasteiger partial charge in [-0.15, -0.1) is 11.3 Å². The van der Waals surface area contributed by atoms with Gasteiger partial charge in [0.05, 0.1) is 0 Å². The summed E-state index contributed by atoms with van der Waals surface area (Å²) >= 11 is 1.66. The average molecular weight is 381 g/mol. The van der Waals surface area contributed by atoms with Crippen LogP contribution in [0.2, 0.25) is 0 Å². The first-order chi connectivity index (χ1) is 13.0. The lowest BCUT2D eigenvalue weighted by molar-refractivity contribution is -0.123. The molecule has 1 unspecified atom stereocenters. The molecule has 1 saturated heterocycles. The van der Waals surface area contributed by atoms with Crippen molar-refractivity contribution < 1.29 is 14.3 Å². The molecule has 4 heteroatoms. The minimum Gasteiger partial charge on any atom is -0.381 e. The molecule has 1 saturated carbocycles. The third-order valence-corrected chi connectivity index (χ3v) is 6.69. The van der Waals surface area contributed by atoms with Gasteiger partial charge in [0.1, 0.15) is 5.92 Å². The van der Waals surface area contributed by atoms with Crippen LogP contribution in [0, 0.1) is 19.8 Å². The van der Waals surface area contributed by atoms with Crippen LogP contribution < -0.4 is 0 Å². The fourth-order valence-corrected chi connectivity index (χ4v) is 5.04. The Labute approximate surface area is 164 Å². The van der Waals surface area contributed by atoms with Crippen LogP contribution >= 0.6 is 11.3 Å². The summed E-state index contributed by atoms with van der Waals surface area (Å²) in [5.74, 6) is -0.222. The molecule has 1 aliphatic carbocycles. The molecule has 1 aromatic carbocycles. The Kier molecular flexibility index (Phi) is 5.11. The minimum atomic E-state index is -0.619. The van der Waals surface area contributed by atoms with Crippen molar-refractivity contribution >= 4 is 22.9 Å². The molecule has 0 radical (unpaired) electrons. The quantitative estimate of drug-likeness (QED) is 0.555. The SMILES string of the molecule is Cc1ccc(-c2cc(C3C(=O)C/C(=C\C4CCOCC4)C3=O)c(C)s2)cc1. The number of allylic oxidation sites excluding steroid dienone is 2. The highest BCUT2D eigenvalue weighted by Crippen LogP contribution is 2.40. The lowest BCUT2D eigenvalue weighted by Gasteiger charge is -2.19.